The van der Waals surface area contributed by atoms with E-state index in [0.717, 1.165) is 12.0 Å². The maximum atomic E-state index is 13.7. The van der Waals surface area contributed by atoms with E-state index in [0.29, 0.717) is 6.42 Å². The maximum absolute atomic E-state index is 13.7. The fourth-order valence-electron chi connectivity index (χ4n) is 1.93. The van der Waals surface area contributed by atoms with E-state index in [1.165, 1.54) is 6.92 Å². The van der Waals surface area contributed by atoms with Crippen LogP contribution < -0.4 is 0 Å². The van der Waals surface area contributed by atoms with Crippen LogP contribution in [-0.4, -0.2) is 48.2 Å². The number of likely N-dealkylation sites (tertiary alicyclic amines) is 1. The van der Waals surface area contributed by atoms with E-state index in [1.807, 2.05) is 0 Å². The summed E-state index contributed by atoms with van der Waals surface area (Å²) in [6, 6.07) is -2.69. The van der Waals surface area contributed by atoms with Gasteiger partial charge >= 0.3 is 12.1 Å². The zero-order chi connectivity index (χ0) is 14.8. The van der Waals surface area contributed by atoms with Crippen molar-refractivity contribution in [2.45, 2.75) is 57.7 Å². The predicted octanol–water partition coefficient (Wildman–Crippen LogP) is 2.19. The Bertz CT molecular complexity index is 362. The summed E-state index contributed by atoms with van der Waals surface area (Å²) < 4.78 is 36.8. The number of nitrogens with zero attached hydrogens (tertiary/aromatic N) is 1. The Balaban J connectivity index is 2.92. The normalized spacial score (nSPS) is 26.9. The Morgan fingerprint density at radius 2 is 2.05 bits per heavy atom. The van der Waals surface area contributed by atoms with Crippen LogP contribution in [0.4, 0.5) is 13.6 Å². The number of amides is 1. The molecule has 1 heterocycles. The van der Waals surface area contributed by atoms with Gasteiger partial charge in [-0.05, 0) is 20.3 Å². The topological polar surface area (TPSA) is 55.8 Å². The summed E-state index contributed by atoms with van der Waals surface area (Å²) in [4.78, 5) is 24.2. The molecular formula is C12H19F2NO4. The van der Waals surface area contributed by atoms with Crippen LogP contribution in [0.3, 0.4) is 0 Å². The van der Waals surface area contributed by atoms with Crippen LogP contribution in [0, 0.1) is 0 Å². The van der Waals surface area contributed by atoms with Crippen molar-refractivity contribution in [1.29, 1.82) is 0 Å². The quantitative estimate of drug-likeness (QED) is 0.743. The Hall–Kier alpha value is -1.40. The summed E-state index contributed by atoms with van der Waals surface area (Å²) in [6.45, 7) is 4.66. The van der Waals surface area contributed by atoms with Crippen LogP contribution in [0.25, 0.3) is 0 Å². The molecule has 0 N–H and O–H groups in total. The molecule has 0 radical (unpaired) electrons. The van der Waals surface area contributed by atoms with E-state index >= 15 is 0 Å². The van der Waals surface area contributed by atoms with Gasteiger partial charge < -0.3 is 9.47 Å². The molecule has 0 aromatic rings. The van der Waals surface area contributed by atoms with Gasteiger partial charge in [0.15, 0.2) is 0 Å². The molecular weight excluding hydrogens is 260 g/mol. The first-order valence-electron chi connectivity index (χ1n) is 6.19. The standard InChI is InChI=1S/C12H19F2NO4/c1-5-7(2)19-11(17)15-8(3)12(13,14)6-9(15)10(16)18-4/h7-9H,5-6H2,1-4H3. The molecule has 0 saturated carbocycles. The van der Waals surface area contributed by atoms with Crippen molar-refractivity contribution in [2.75, 3.05) is 7.11 Å². The first-order valence-corrected chi connectivity index (χ1v) is 6.19. The van der Waals surface area contributed by atoms with Crippen molar-refractivity contribution in [1.82, 2.24) is 4.90 Å². The molecule has 5 nitrogen and oxygen atoms in total. The number of hydrogen-bond donors (Lipinski definition) is 0. The second-order valence-electron chi connectivity index (χ2n) is 4.69. The van der Waals surface area contributed by atoms with Crippen LogP contribution in [0.1, 0.15) is 33.6 Å². The van der Waals surface area contributed by atoms with Crippen molar-refractivity contribution in [2.24, 2.45) is 0 Å². The first kappa shape index (κ1) is 15.7. The summed E-state index contributed by atoms with van der Waals surface area (Å²) >= 11 is 0. The van der Waals surface area contributed by atoms with Gasteiger partial charge in [0.05, 0.1) is 13.2 Å². The van der Waals surface area contributed by atoms with Crippen molar-refractivity contribution in [3.8, 4) is 0 Å². The number of esters is 1. The number of rotatable bonds is 3. The molecule has 7 heteroatoms. The van der Waals surface area contributed by atoms with Gasteiger partial charge in [0, 0.05) is 6.42 Å². The molecule has 0 aliphatic carbocycles. The third-order valence-corrected chi connectivity index (χ3v) is 3.39. The average Bonchev–Trinajstić information content (AvgIpc) is 2.59. The Morgan fingerprint density at radius 3 is 2.53 bits per heavy atom. The molecule has 0 bridgehead atoms. The second-order valence-corrected chi connectivity index (χ2v) is 4.69. The molecule has 0 spiro atoms. The predicted molar refractivity (Wildman–Crippen MR) is 62.9 cm³/mol. The summed E-state index contributed by atoms with van der Waals surface area (Å²) in [5, 5.41) is 0. The third kappa shape index (κ3) is 3.13. The van der Waals surface area contributed by atoms with Crippen LogP contribution in [0.5, 0.6) is 0 Å². The lowest BCUT2D eigenvalue weighted by Gasteiger charge is -2.27. The lowest BCUT2D eigenvalue weighted by Crippen LogP contribution is -2.47. The van der Waals surface area contributed by atoms with Gasteiger partial charge in [-0.3, -0.25) is 4.90 Å². The molecule has 0 aromatic carbocycles. The second kappa shape index (κ2) is 5.71. The molecule has 1 aliphatic heterocycles. The minimum atomic E-state index is -3.13. The van der Waals surface area contributed by atoms with Crippen molar-refractivity contribution in [3.63, 3.8) is 0 Å². The van der Waals surface area contributed by atoms with Crippen LogP contribution in [0.15, 0.2) is 0 Å². The summed E-state index contributed by atoms with van der Waals surface area (Å²) in [5.41, 5.74) is 0. The number of halogens is 2. The average molecular weight is 279 g/mol. The van der Waals surface area contributed by atoms with Crippen LogP contribution >= 0.6 is 0 Å². The number of alkyl halides is 2. The largest absolute Gasteiger partial charge is 0.467 e. The fourth-order valence-corrected chi connectivity index (χ4v) is 1.93. The van der Waals surface area contributed by atoms with E-state index in [9.17, 15) is 18.4 Å². The van der Waals surface area contributed by atoms with Crippen molar-refractivity contribution < 1.29 is 27.8 Å². The first-order chi connectivity index (χ1) is 8.74. The number of methoxy groups -OCH3 is 1. The van der Waals surface area contributed by atoms with Crippen LogP contribution in [-0.2, 0) is 14.3 Å². The Morgan fingerprint density at radius 1 is 1.47 bits per heavy atom. The van der Waals surface area contributed by atoms with E-state index in [4.69, 9.17) is 4.74 Å². The number of hydrogen-bond acceptors (Lipinski definition) is 4. The van der Waals surface area contributed by atoms with Gasteiger partial charge in [0.25, 0.3) is 5.92 Å². The third-order valence-electron chi connectivity index (χ3n) is 3.39. The maximum Gasteiger partial charge on any atom is 0.411 e. The van der Waals surface area contributed by atoms with E-state index in [-0.39, 0.29) is 0 Å². The zero-order valence-corrected chi connectivity index (χ0v) is 11.5. The molecule has 3 atom stereocenters. The highest BCUT2D eigenvalue weighted by Gasteiger charge is 2.57. The summed E-state index contributed by atoms with van der Waals surface area (Å²) in [6.07, 6.45) is -1.48. The number of carbonyl (C=O) groups excluding carboxylic acids is 2. The van der Waals surface area contributed by atoms with Gasteiger partial charge in [-0.25, -0.2) is 18.4 Å². The lowest BCUT2D eigenvalue weighted by molar-refractivity contribution is -0.146. The SMILES string of the molecule is CCC(C)OC(=O)N1C(C(=O)OC)CC(F)(F)C1C. The zero-order valence-electron chi connectivity index (χ0n) is 11.5. The molecule has 1 rings (SSSR count). The van der Waals surface area contributed by atoms with Gasteiger partial charge in [-0.2, -0.15) is 0 Å². The molecule has 1 saturated heterocycles. The van der Waals surface area contributed by atoms with Gasteiger partial charge in [-0.1, -0.05) is 6.92 Å². The molecule has 1 aliphatic rings. The highest BCUT2D eigenvalue weighted by Crippen LogP contribution is 2.38. The Labute approximate surface area is 110 Å². The summed E-state index contributed by atoms with van der Waals surface area (Å²) in [5.74, 6) is -3.99. The van der Waals surface area contributed by atoms with Crippen LogP contribution in [0.2, 0.25) is 0 Å². The highest BCUT2D eigenvalue weighted by atomic mass is 19.3. The monoisotopic (exact) mass is 279 g/mol. The van der Waals surface area contributed by atoms with E-state index < -0.39 is 42.6 Å². The fraction of sp³-hybridized carbons (Fsp3) is 0.833. The molecule has 110 valence electrons. The van der Waals surface area contributed by atoms with Gasteiger partial charge in [0.1, 0.15) is 12.1 Å². The molecule has 19 heavy (non-hydrogen) atoms. The van der Waals surface area contributed by atoms with Crippen molar-refractivity contribution >= 4 is 12.1 Å². The smallest absolute Gasteiger partial charge is 0.411 e. The molecule has 1 fully saturated rings. The van der Waals surface area contributed by atoms with Gasteiger partial charge in [0.2, 0.25) is 0 Å². The van der Waals surface area contributed by atoms with E-state index in [2.05, 4.69) is 4.74 Å². The Kier molecular flexibility index (Phi) is 4.70. The molecule has 1 amide bonds. The number of ether oxygens (including phenoxy) is 2. The highest BCUT2D eigenvalue weighted by molar-refractivity contribution is 5.82. The van der Waals surface area contributed by atoms with E-state index in [1.54, 1.807) is 13.8 Å². The summed E-state index contributed by atoms with van der Waals surface area (Å²) in [7, 11) is 1.10. The van der Waals surface area contributed by atoms with Crippen molar-refractivity contribution in [3.05, 3.63) is 0 Å². The number of carbonyl (C=O) groups is 2. The lowest BCUT2D eigenvalue weighted by atomic mass is 10.1. The van der Waals surface area contributed by atoms with Gasteiger partial charge in [-0.15, -0.1) is 0 Å². The molecule has 0 aromatic heterocycles. The minimum absolute atomic E-state index is 0.396. The minimum Gasteiger partial charge on any atom is -0.467 e. The molecule has 3 unspecified atom stereocenters.